The van der Waals surface area contributed by atoms with Gasteiger partial charge in [-0.05, 0) is 25.3 Å². The Hall–Kier alpha value is -2.17. The molecule has 5 heteroatoms. The molecule has 0 saturated heterocycles. The monoisotopic (exact) mass is 317 g/mol. The summed E-state index contributed by atoms with van der Waals surface area (Å²) < 4.78 is 0. The highest BCUT2D eigenvalue weighted by Gasteiger charge is 2.06. The molecule has 0 aromatic heterocycles. The highest BCUT2D eigenvalue weighted by Crippen LogP contribution is 2.00. The molecular formula is C18H27N3O2. The van der Waals surface area contributed by atoms with Crippen molar-refractivity contribution in [2.24, 2.45) is 5.10 Å². The van der Waals surface area contributed by atoms with Crippen LogP contribution in [0.1, 0.15) is 57.9 Å². The molecule has 0 aliphatic heterocycles. The van der Waals surface area contributed by atoms with E-state index >= 15 is 0 Å². The van der Waals surface area contributed by atoms with E-state index in [4.69, 9.17) is 0 Å². The molecule has 0 bridgehead atoms. The summed E-state index contributed by atoms with van der Waals surface area (Å²) in [6.45, 7) is 4.54. The summed E-state index contributed by atoms with van der Waals surface area (Å²) in [4.78, 5) is 23.4. The topological polar surface area (TPSA) is 70.6 Å². The molecule has 126 valence electrons. The minimum atomic E-state index is -0.227. The van der Waals surface area contributed by atoms with Gasteiger partial charge in [-0.15, -0.1) is 0 Å². The normalized spacial score (nSPS) is 11.1. The molecule has 1 aromatic carbocycles. The first-order chi connectivity index (χ1) is 11.1. The number of benzene rings is 1. The minimum Gasteiger partial charge on any atom is -0.352 e. The number of carbonyl (C=O) groups excluding carboxylic acids is 2. The standard InChI is InChI=1S/C18H27N3O2/c1-3-4-6-9-15(2)20-21-18(23)13-12-17(22)19-14-16-10-7-5-8-11-16/h5,7-8,10-11H,3-4,6,9,12-14H2,1-2H3,(H,19,22)(H,21,23)/b20-15+. The molecule has 0 aliphatic carbocycles. The van der Waals surface area contributed by atoms with E-state index in [-0.39, 0.29) is 24.7 Å². The van der Waals surface area contributed by atoms with Gasteiger partial charge in [0, 0.05) is 25.1 Å². The van der Waals surface area contributed by atoms with Crippen LogP contribution in [-0.2, 0) is 16.1 Å². The van der Waals surface area contributed by atoms with Crippen molar-refractivity contribution in [3.63, 3.8) is 0 Å². The van der Waals surface area contributed by atoms with E-state index in [1.807, 2.05) is 37.3 Å². The number of hydrogen-bond acceptors (Lipinski definition) is 3. The summed E-state index contributed by atoms with van der Waals surface area (Å²) in [5.74, 6) is -0.359. The summed E-state index contributed by atoms with van der Waals surface area (Å²) in [5, 5.41) is 6.85. The second-order valence-corrected chi connectivity index (χ2v) is 5.60. The fourth-order valence-corrected chi connectivity index (χ4v) is 2.01. The lowest BCUT2D eigenvalue weighted by molar-refractivity contribution is -0.126. The maximum atomic E-state index is 11.7. The number of amides is 2. The van der Waals surface area contributed by atoms with Crippen molar-refractivity contribution < 1.29 is 9.59 Å². The number of rotatable bonds is 10. The smallest absolute Gasteiger partial charge is 0.240 e. The van der Waals surface area contributed by atoms with Gasteiger partial charge < -0.3 is 5.32 Å². The number of carbonyl (C=O) groups is 2. The predicted octanol–water partition coefficient (Wildman–Crippen LogP) is 3.16. The molecule has 0 saturated carbocycles. The van der Waals surface area contributed by atoms with E-state index in [0.717, 1.165) is 30.5 Å². The number of hydrazone groups is 1. The van der Waals surface area contributed by atoms with Gasteiger partial charge in [-0.3, -0.25) is 9.59 Å². The van der Waals surface area contributed by atoms with Gasteiger partial charge in [0.15, 0.2) is 0 Å². The first-order valence-electron chi connectivity index (χ1n) is 8.24. The molecule has 0 radical (unpaired) electrons. The predicted molar refractivity (Wildman–Crippen MR) is 92.9 cm³/mol. The van der Waals surface area contributed by atoms with E-state index in [1.165, 1.54) is 6.42 Å². The van der Waals surface area contributed by atoms with Crippen molar-refractivity contribution in [3.8, 4) is 0 Å². The van der Waals surface area contributed by atoms with E-state index < -0.39 is 0 Å². The lowest BCUT2D eigenvalue weighted by Crippen LogP contribution is -2.25. The average molecular weight is 317 g/mol. The van der Waals surface area contributed by atoms with Crippen molar-refractivity contribution in [1.29, 1.82) is 0 Å². The Morgan fingerprint density at radius 3 is 2.39 bits per heavy atom. The summed E-state index contributed by atoms with van der Waals surface area (Å²) in [7, 11) is 0. The van der Waals surface area contributed by atoms with Crippen molar-refractivity contribution in [2.75, 3.05) is 0 Å². The summed E-state index contributed by atoms with van der Waals surface area (Å²) in [6, 6.07) is 9.68. The Labute approximate surface area is 138 Å². The third kappa shape index (κ3) is 9.45. The number of nitrogens with zero attached hydrogens (tertiary/aromatic N) is 1. The first-order valence-corrected chi connectivity index (χ1v) is 8.24. The highest BCUT2D eigenvalue weighted by molar-refractivity contribution is 5.86. The third-order valence-corrected chi connectivity index (χ3v) is 3.43. The Morgan fingerprint density at radius 2 is 1.70 bits per heavy atom. The van der Waals surface area contributed by atoms with Crippen LogP contribution >= 0.6 is 0 Å². The van der Waals surface area contributed by atoms with Crippen molar-refractivity contribution >= 4 is 17.5 Å². The second-order valence-electron chi connectivity index (χ2n) is 5.60. The van der Waals surface area contributed by atoms with Crippen LogP contribution in [0.25, 0.3) is 0 Å². The Balaban J connectivity index is 2.17. The zero-order valence-corrected chi connectivity index (χ0v) is 14.1. The molecule has 0 spiro atoms. The molecule has 0 heterocycles. The zero-order chi connectivity index (χ0) is 16.9. The van der Waals surface area contributed by atoms with Gasteiger partial charge in [0.05, 0.1) is 0 Å². The minimum absolute atomic E-state index is 0.132. The van der Waals surface area contributed by atoms with Gasteiger partial charge in [-0.1, -0.05) is 50.1 Å². The van der Waals surface area contributed by atoms with Gasteiger partial charge in [-0.25, -0.2) is 5.43 Å². The fourth-order valence-electron chi connectivity index (χ4n) is 2.01. The number of unbranched alkanes of at least 4 members (excludes halogenated alkanes) is 2. The van der Waals surface area contributed by atoms with Gasteiger partial charge >= 0.3 is 0 Å². The fraction of sp³-hybridized carbons (Fsp3) is 0.500. The molecule has 1 aromatic rings. The summed E-state index contributed by atoms with van der Waals surface area (Å²) in [5.41, 5.74) is 4.46. The summed E-state index contributed by atoms with van der Waals surface area (Å²) in [6.07, 6.45) is 4.63. The Morgan fingerprint density at radius 1 is 1.00 bits per heavy atom. The SMILES string of the molecule is CCCCC/C(C)=N/NC(=O)CCC(=O)NCc1ccccc1. The van der Waals surface area contributed by atoms with E-state index in [2.05, 4.69) is 22.8 Å². The van der Waals surface area contributed by atoms with Crippen LogP contribution in [0, 0.1) is 0 Å². The largest absolute Gasteiger partial charge is 0.352 e. The molecule has 0 unspecified atom stereocenters. The Bertz CT molecular complexity index is 512. The highest BCUT2D eigenvalue weighted by atomic mass is 16.2. The van der Waals surface area contributed by atoms with Crippen LogP contribution in [0.2, 0.25) is 0 Å². The van der Waals surface area contributed by atoms with Crippen LogP contribution < -0.4 is 10.7 Å². The average Bonchev–Trinajstić information content (AvgIpc) is 2.57. The molecule has 2 N–H and O–H groups in total. The van der Waals surface area contributed by atoms with Crippen LogP contribution in [-0.4, -0.2) is 17.5 Å². The van der Waals surface area contributed by atoms with E-state index in [9.17, 15) is 9.59 Å². The van der Waals surface area contributed by atoms with E-state index in [1.54, 1.807) is 0 Å². The lowest BCUT2D eigenvalue weighted by atomic mass is 10.1. The van der Waals surface area contributed by atoms with Crippen LogP contribution in [0.4, 0.5) is 0 Å². The van der Waals surface area contributed by atoms with Crippen molar-refractivity contribution in [1.82, 2.24) is 10.7 Å². The Kier molecular flexibility index (Phi) is 9.36. The van der Waals surface area contributed by atoms with Crippen LogP contribution in [0.5, 0.6) is 0 Å². The second kappa shape index (κ2) is 11.4. The number of hydrogen-bond donors (Lipinski definition) is 2. The third-order valence-electron chi connectivity index (χ3n) is 3.43. The maximum absolute atomic E-state index is 11.7. The maximum Gasteiger partial charge on any atom is 0.240 e. The van der Waals surface area contributed by atoms with E-state index in [0.29, 0.717) is 6.54 Å². The lowest BCUT2D eigenvalue weighted by Gasteiger charge is -2.05. The quantitative estimate of drug-likeness (QED) is 0.395. The molecular weight excluding hydrogens is 290 g/mol. The van der Waals surface area contributed by atoms with Crippen molar-refractivity contribution in [3.05, 3.63) is 35.9 Å². The number of nitrogens with one attached hydrogen (secondary N) is 2. The molecule has 5 nitrogen and oxygen atoms in total. The van der Waals surface area contributed by atoms with Crippen LogP contribution in [0.15, 0.2) is 35.4 Å². The van der Waals surface area contributed by atoms with Gasteiger partial charge in [0.25, 0.3) is 0 Å². The van der Waals surface area contributed by atoms with Crippen LogP contribution in [0.3, 0.4) is 0 Å². The van der Waals surface area contributed by atoms with Gasteiger partial charge in [0.1, 0.15) is 0 Å². The summed E-state index contributed by atoms with van der Waals surface area (Å²) >= 11 is 0. The van der Waals surface area contributed by atoms with Gasteiger partial charge in [0.2, 0.25) is 11.8 Å². The molecule has 23 heavy (non-hydrogen) atoms. The molecule has 0 atom stereocenters. The molecule has 2 amide bonds. The zero-order valence-electron chi connectivity index (χ0n) is 14.1. The van der Waals surface area contributed by atoms with Gasteiger partial charge in [-0.2, -0.15) is 5.10 Å². The molecule has 0 aliphatic rings. The van der Waals surface area contributed by atoms with Crippen molar-refractivity contribution in [2.45, 2.75) is 58.9 Å². The molecule has 0 fully saturated rings. The first kappa shape index (κ1) is 18.9. The molecule has 1 rings (SSSR count).